The van der Waals surface area contributed by atoms with E-state index in [0.29, 0.717) is 18.4 Å². The largest absolute Gasteiger partial charge is 0.378 e. The second kappa shape index (κ2) is 6.20. The van der Waals surface area contributed by atoms with Crippen LogP contribution in [0.1, 0.15) is 25.7 Å². The van der Waals surface area contributed by atoms with E-state index in [-0.39, 0.29) is 6.10 Å². The monoisotopic (exact) mass is 267 g/mol. The molecule has 0 saturated carbocycles. The Kier molecular flexibility index (Phi) is 4.35. The first-order valence-electron chi connectivity index (χ1n) is 7.67. The average molecular weight is 267 g/mol. The number of carbonyl (C=O) groups is 1. The molecule has 3 aliphatic rings. The van der Waals surface area contributed by atoms with Crippen molar-refractivity contribution in [3.8, 4) is 0 Å². The fourth-order valence-electron chi connectivity index (χ4n) is 3.44. The molecule has 0 spiro atoms. The van der Waals surface area contributed by atoms with Crippen molar-refractivity contribution < 1.29 is 9.53 Å². The molecular formula is C14H25N3O2. The number of hydrogen-bond acceptors (Lipinski definition) is 4. The predicted octanol–water partition coefficient (Wildman–Crippen LogP) is 0.0616. The van der Waals surface area contributed by atoms with Crippen LogP contribution < -0.4 is 5.32 Å². The van der Waals surface area contributed by atoms with Gasteiger partial charge in [-0.25, -0.2) is 0 Å². The summed E-state index contributed by atoms with van der Waals surface area (Å²) in [6, 6.07) is 0.579. The number of amides is 1. The molecule has 2 atom stereocenters. The van der Waals surface area contributed by atoms with Gasteiger partial charge in [-0.05, 0) is 19.3 Å². The normalized spacial score (nSPS) is 32.9. The topological polar surface area (TPSA) is 44.8 Å². The molecule has 3 heterocycles. The summed E-state index contributed by atoms with van der Waals surface area (Å²) in [4.78, 5) is 16.8. The van der Waals surface area contributed by atoms with Crippen LogP contribution in [0, 0.1) is 0 Å². The number of piperazine rings is 1. The molecule has 3 aliphatic heterocycles. The maximum Gasteiger partial charge on any atom is 0.225 e. The minimum atomic E-state index is 0.186. The highest BCUT2D eigenvalue weighted by Crippen LogP contribution is 2.20. The fourth-order valence-corrected chi connectivity index (χ4v) is 3.44. The number of nitrogens with zero attached hydrogens (tertiary/aromatic N) is 2. The Morgan fingerprint density at radius 2 is 2.05 bits per heavy atom. The van der Waals surface area contributed by atoms with Crippen LogP contribution in [0.25, 0.3) is 0 Å². The summed E-state index contributed by atoms with van der Waals surface area (Å²) in [5.41, 5.74) is 0. The number of ether oxygens (including phenoxy) is 1. The SMILES string of the molecule is O=C(CC1CCCO1)N1CCC(N2CCNCC2)C1. The van der Waals surface area contributed by atoms with Crippen molar-refractivity contribution in [1.29, 1.82) is 0 Å². The van der Waals surface area contributed by atoms with Crippen LogP contribution in [0.3, 0.4) is 0 Å². The molecule has 5 heteroatoms. The molecule has 0 aromatic rings. The molecule has 3 saturated heterocycles. The molecule has 2 unspecified atom stereocenters. The van der Waals surface area contributed by atoms with Crippen molar-refractivity contribution in [2.75, 3.05) is 45.9 Å². The maximum absolute atomic E-state index is 12.2. The third-order valence-electron chi connectivity index (χ3n) is 4.61. The van der Waals surface area contributed by atoms with E-state index in [9.17, 15) is 4.79 Å². The quantitative estimate of drug-likeness (QED) is 0.785. The zero-order valence-corrected chi connectivity index (χ0v) is 11.6. The molecule has 0 radical (unpaired) electrons. The number of carbonyl (C=O) groups excluding carboxylic acids is 1. The van der Waals surface area contributed by atoms with Gasteiger partial charge < -0.3 is 15.0 Å². The van der Waals surface area contributed by atoms with E-state index in [1.807, 2.05) is 4.90 Å². The Balaban J connectivity index is 1.46. The van der Waals surface area contributed by atoms with Gasteiger partial charge in [0.1, 0.15) is 0 Å². The second-order valence-electron chi connectivity index (χ2n) is 5.91. The molecule has 0 bridgehead atoms. The fraction of sp³-hybridized carbons (Fsp3) is 0.929. The van der Waals surface area contributed by atoms with Gasteiger partial charge in [0.05, 0.1) is 12.5 Å². The zero-order chi connectivity index (χ0) is 13.1. The van der Waals surface area contributed by atoms with E-state index in [0.717, 1.165) is 65.1 Å². The van der Waals surface area contributed by atoms with Gasteiger partial charge in [0.2, 0.25) is 5.91 Å². The summed E-state index contributed by atoms with van der Waals surface area (Å²) in [7, 11) is 0. The smallest absolute Gasteiger partial charge is 0.225 e. The van der Waals surface area contributed by atoms with Gasteiger partial charge in [0.25, 0.3) is 0 Å². The maximum atomic E-state index is 12.2. The standard InChI is InChI=1S/C14H25N3O2/c18-14(10-13-2-1-9-19-13)17-6-3-12(11-17)16-7-4-15-5-8-16/h12-13,15H,1-11H2. The van der Waals surface area contributed by atoms with E-state index < -0.39 is 0 Å². The van der Waals surface area contributed by atoms with Gasteiger partial charge in [0.15, 0.2) is 0 Å². The number of likely N-dealkylation sites (tertiary alicyclic amines) is 1. The third kappa shape index (κ3) is 3.27. The highest BCUT2D eigenvalue weighted by atomic mass is 16.5. The van der Waals surface area contributed by atoms with Crippen LogP contribution in [0.15, 0.2) is 0 Å². The second-order valence-corrected chi connectivity index (χ2v) is 5.91. The first-order valence-corrected chi connectivity index (χ1v) is 7.67. The van der Waals surface area contributed by atoms with Crippen LogP contribution in [-0.4, -0.2) is 73.7 Å². The highest BCUT2D eigenvalue weighted by molar-refractivity contribution is 5.77. The van der Waals surface area contributed by atoms with Crippen molar-refractivity contribution in [2.45, 2.75) is 37.8 Å². The molecule has 5 nitrogen and oxygen atoms in total. The lowest BCUT2D eigenvalue weighted by Gasteiger charge is -2.32. The summed E-state index contributed by atoms with van der Waals surface area (Å²) in [5, 5.41) is 3.38. The molecular weight excluding hydrogens is 242 g/mol. The molecule has 1 N–H and O–H groups in total. The molecule has 3 rings (SSSR count). The minimum absolute atomic E-state index is 0.186. The molecule has 0 aliphatic carbocycles. The summed E-state index contributed by atoms with van der Waals surface area (Å²) in [6.07, 6.45) is 4.08. The lowest BCUT2D eigenvalue weighted by molar-refractivity contribution is -0.132. The molecule has 3 fully saturated rings. The van der Waals surface area contributed by atoms with Crippen molar-refractivity contribution in [1.82, 2.24) is 15.1 Å². The first-order chi connectivity index (χ1) is 9.33. The lowest BCUT2D eigenvalue weighted by atomic mass is 10.1. The summed E-state index contributed by atoms with van der Waals surface area (Å²) >= 11 is 0. The summed E-state index contributed by atoms with van der Waals surface area (Å²) < 4.78 is 5.56. The Labute approximate surface area is 115 Å². The van der Waals surface area contributed by atoms with Crippen LogP contribution in [0.5, 0.6) is 0 Å². The Hall–Kier alpha value is -0.650. The number of nitrogens with one attached hydrogen (secondary N) is 1. The van der Waals surface area contributed by atoms with E-state index in [4.69, 9.17) is 4.74 Å². The predicted molar refractivity (Wildman–Crippen MR) is 73.0 cm³/mol. The van der Waals surface area contributed by atoms with Crippen LogP contribution in [0.2, 0.25) is 0 Å². The Bertz CT molecular complexity index is 312. The lowest BCUT2D eigenvalue weighted by Crippen LogP contribution is -2.49. The van der Waals surface area contributed by atoms with E-state index in [2.05, 4.69) is 10.2 Å². The van der Waals surface area contributed by atoms with E-state index in [1.165, 1.54) is 0 Å². The van der Waals surface area contributed by atoms with Crippen molar-refractivity contribution in [2.24, 2.45) is 0 Å². The van der Waals surface area contributed by atoms with Crippen LogP contribution in [0.4, 0.5) is 0 Å². The van der Waals surface area contributed by atoms with E-state index in [1.54, 1.807) is 0 Å². The molecule has 1 amide bonds. The van der Waals surface area contributed by atoms with Gasteiger partial charge in [-0.1, -0.05) is 0 Å². The van der Waals surface area contributed by atoms with Gasteiger partial charge in [-0.15, -0.1) is 0 Å². The van der Waals surface area contributed by atoms with Gasteiger partial charge in [-0.2, -0.15) is 0 Å². The Morgan fingerprint density at radius 3 is 2.79 bits per heavy atom. The van der Waals surface area contributed by atoms with E-state index >= 15 is 0 Å². The van der Waals surface area contributed by atoms with Crippen molar-refractivity contribution in [3.05, 3.63) is 0 Å². The van der Waals surface area contributed by atoms with Crippen molar-refractivity contribution >= 4 is 5.91 Å². The summed E-state index contributed by atoms with van der Waals surface area (Å²) in [6.45, 7) is 7.10. The average Bonchev–Trinajstić information content (AvgIpc) is 3.10. The molecule has 19 heavy (non-hydrogen) atoms. The zero-order valence-electron chi connectivity index (χ0n) is 11.6. The van der Waals surface area contributed by atoms with Gasteiger partial charge in [-0.3, -0.25) is 9.69 Å². The first kappa shape index (κ1) is 13.3. The number of rotatable bonds is 3. The Morgan fingerprint density at radius 1 is 1.21 bits per heavy atom. The highest BCUT2D eigenvalue weighted by Gasteiger charge is 2.32. The summed E-state index contributed by atoms with van der Waals surface area (Å²) in [5.74, 6) is 0.296. The number of hydrogen-bond donors (Lipinski definition) is 1. The third-order valence-corrected chi connectivity index (χ3v) is 4.61. The van der Waals surface area contributed by atoms with Gasteiger partial charge in [0, 0.05) is 51.9 Å². The molecule has 108 valence electrons. The molecule has 0 aromatic carbocycles. The molecule has 0 aromatic heterocycles. The van der Waals surface area contributed by atoms with Crippen LogP contribution in [-0.2, 0) is 9.53 Å². The minimum Gasteiger partial charge on any atom is -0.378 e. The van der Waals surface area contributed by atoms with Crippen molar-refractivity contribution in [3.63, 3.8) is 0 Å². The van der Waals surface area contributed by atoms with Gasteiger partial charge >= 0.3 is 0 Å². The van der Waals surface area contributed by atoms with Crippen LogP contribution >= 0.6 is 0 Å².